The molecule has 0 saturated heterocycles. The average Bonchev–Trinajstić information content (AvgIpc) is 2.93. The first-order valence-corrected chi connectivity index (χ1v) is 6.58. The van der Waals surface area contributed by atoms with E-state index in [4.69, 9.17) is 4.74 Å². The van der Waals surface area contributed by atoms with Crippen molar-refractivity contribution in [1.82, 2.24) is 0 Å². The molecule has 0 aromatic heterocycles. The van der Waals surface area contributed by atoms with Crippen molar-refractivity contribution in [3.8, 4) is 0 Å². The third-order valence-electron chi connectivity index (χ3n) is 3.94. The summed E-state index contributed by atoms with van der Waals surface area (Å²) in [5, 5.41) is 0. The zero-order chi connectivity index (χ0) is 12.3. The summed E-state index contributed by atoms with van der Waals surface area (Å²) in [4.78, 5) is 23.0. The lowest BCUT2D eigenvalue weighted by molar-refractivity contribution is -0.152. The van der Waals surface area contributed by atoms with Gasteiger partial charge in [0, 0.05) is 5.92 Å². The molecule has 2 bridgehead atoms. The minimum Gasteiger partial charge on any atom is -0.465 e. The van der Waals surface area contributed by atoms with E-state index in [2.05, 4.69) is 19.1 Å². The van der Waals surface area contributed by atoms with Crippen molar-refractivity contribution in [2.75, 3.05) is 6.61 Å². The number of hydrogen-bond donors (Lipinski definition) is 0. The zero-order valence-corrected chi connectivity index (χ0v) is 10.3. The van der Waals surface area contributed by atoms with Crippen molar-refractivity contribution in [3.05, 3.63) is 12.2 Å². The van der Waals surface area contributed by atoms with Crippen LogP contribution in [0.1, 0.15) is 32.6 Å². The molecule has 1 fully saturated rings. The molecule has 0 heterocycles. The lowest BCUT2D eigenvalue weighted by atomic mass is 9.84. The number of carbonyl (C=O) groups is 2. The van der Waals surface area contributed by atoms with Crippen LogP contribution in [-0.2, 0) is 14.3 Å². The van der Waals surface area contributed by atoms with Crippen LogP contribution in [0.4, 0.5) is 0 Å². The largest absolute Gasteiger partial charge is 0.465 e. The molecular weight excluding hydrogens is 216 g/mol. The fourth-order valence-corrected chi connectivity index (χ4v) is 3.00. The number of fused-ring (bicyclic) bond motifs is 2. The van der Waals surface area contributed by atoms with E-state index in [-0.39, 0.29) is 29.6 Å². The van der Waals surface area contributed by atoms with E-state index in [1.54, 1.807) is 0 Å². The van der Waals surface area contributed by atoms with E-state index in [0.29, 0.717) is 6.61 Å². The highest BCUT2D eigenvalue weighted by Gasteiger charge is 2.48. The first-order chi connectivity index (χ1) is 8.27. The first-order valence-electron chi connectivity index (χ1n) is 6.58. The maximum Gasteiger partial charge on any atom is 0.310 e. The Bertz CT molecular complexity index is 321. The molecule has 3 heteroatoms. The minimum absolute atomic E-state index is 0.149. The second-order valence-electron chi connectivity index (χ2n) is 5.06. The number of unbranched alkanes of at least 4 members (excludes halogenated alkanes) is 2. The molecule has 0 aromatic rings. The summed E-state index contributed by atoms with van der Waals surface area (Å²) in [6.45, 7) is 2.61. The van der Waals surface area contributed by atoms with Crippen LogP contribution in [0.3, 0.4) is 0 Å². The van der Waals surface area contributed by atoms with Gasteiger partial charge in [-0.05, 0) is 24.7 Å². The van der Waals surface area contributed by atoms with Gasteiger partial charge < -0.3 is 9.53 Å². The Labute approximate surface area is 102 Å². The fourth-order valence-electron chi connectivity index (χ4n) is 3.00. The quantitative estimate of drug-likeness (QED) is 0.308. The van der Waals surface area contributed by atoms with Gasteiger partial charge in [-0.3, -0.25) is 4.79 Å². The van der Waals surface area contributed by atoms with Crippen LogP contribution in [0.2, 0.25) is 0 Å². The maximum atomic E-state index is 12.0. The Morgan fingerprint density at radius 1 is 1.35 bits per heavy atom. The Morgan fingerprint density at radius 2 is 2.12 bits per heavy atom. The minimum atomic E-state index is -0.218. The van der Waals surface area contributed by atoms with Crippen LogP contribution in [0.25, 0.3) is 0 Å². The summed E-state index contributed by atoms with van der Waals surface area (Å²) >= 11 is 0. The lowest BCUT2D eigenvalue weighted by Gasteiger charge is -2.21. The number of esters is 1. The van der Waals surface area contributed by atoms with Crippen molar-refractivity contribution < 1.29 is 14.3 Å². The van der Waals surface area contributed by atoms with Crippen LogP contribution in [0.15, 0.2) is 12.2 Å². The number of carbonyl (C=O) groups excluding carboxylic acids is 2. The molecule has 2 aliphatic carbocycles. The van der Waals surface area contributed by atoms with Crippen LogP contribution in [0, 0.1) is 23.7 Å². The first kappa shape index (κ1) is 12.3. The molecule has 4 unspecified atom stereocenters. The zero-order valence-electron chi connectivity index (χ0n) is 10.3. The lowest BCUT2D eigenvalue weighted by Crippen LogP contribution is -2.30. The van der Waals surface area contributed by atoms with Gasteiger partial charge in [0.25, 0.3) is 0 Å². The monoisotopic (exact) mass is 236 g/mol. The molecule has 2 aliphatic rings. The van der Waals surface area contributed by atoms with E-state index in [1.165, 1.54) is 0 Å². The molecule has 17 heavy (non-hydrogen) atoms. The predicted octanol–water partition coefficient (Wildman–Crippen LogP) is 2.36. The van der Waals surface area contributed by atoms with Gasteiger partial charge in [0.1, 0.15) is 6.29 Å². The normalized spacial score (nSPS) is 33.9. The second-order valence-corrected chi connectivity index (χ2v) is 5.06. The molecule has 0 N–H and O–H groups in total. The third kappa shape index (κ3) is 2.43. The van der Waals surface area contributed by atoms with Gasteiger partial charge in [-0.2, -0.15) is 0 Å². The van der Waals surface area contributed by atoms with Crippen molar-refractivity contribution in [2.24, 2.45) is 23.7 Å². The van der Waals surface area contributed by atoms with Crippen molar-refractivity contribution >= 4 is 12.3 Å². The Morgan fingerprint density at radius 3 is 2.82 bits per heavy atom. The van der Waals surface area contributed by atoms with Crippen molar-refractivity contribution in [3.63, 3.8) is 0 Å². The van der Waals surface area contributed by atoms with Gasteiger partial charge in [0.15, 0.2) is 0 Å². The van der Waals surface area contributed by atoms with Crippen molar-refractivity contribution in [2.45, 2.75) is 32.6 Å². The fraction of sp³-hybridized carbons (Fsp3) is 0.714. The molecule has 0 radical (unpaired) electrons. The van der Waals surface area contributed by atoms with Gasteiger partial charge in [-0.25, -0.2) is 0 Å². The number of aldehydes is 1. The Balaban J connectivity index is 1.86. The highest BCUT2D eigenvalue weighted by molar-refractivity contribution is 5.79. The van der Waals surface area contributed by atoms with Crippen LogP contribution < -0.4 is 0 Å². The highest BCUT2D eigenvalue weighted by Crippen LogP contribution is 2.47. The molecule has 4 atom stereocenters. The van der Waals surface area contributed by atoms with E-state index in [1.807, 2.05) is 0 Å². The average molecular weight is 236 g/mol. The van der Waals surface area contributed by atoms with Crippen LogP contribution in [-0.4, -0.2) is 18.9 Å². The van der Waals surface area contributed by atoms with Crippen LogP contribution >= 0.6 is 0 Å². The number of ether oxygens (including phenoxy) is 1. The summed E-state index contributed by atoms with van der Waals surface area (Å²) in [5.74, 6) is -0.0394. The second kappa shape index (κ2) is 5.48. The molecule has 0 spiro atoms. The molecule has 0 aliphatic heterocycles. The highest BCUT2D eigenvalue weighted by atomic mass is 16.5. The van der Waals surface area contributed by atoms with E-state index in [9.17, 15) is 9.59 Å². The summed E-state index contributed by atoms with van der Waals surface area (Å²) < 4.78 is 5.28. The van der Waals surface area contributed by atoms with Gasteiger partial charge >= 0.3 is 5.97 Å². The van der Waals surface area contributed by atoms with Gasteiger partial charge in [0.05, 0.1) is 12.5 Å². The van der Waals surface area contributed by atoms with E-state index >= 15 is 0 Å². The van der Waals surface area contributed by atoms with Gasteiger partial charge in [-0.15, -0.1) is 0 Å². The van der Waals surface area contributed by atoms with Crippen LogP contribution in [0.5, 0.6) is 0 Å². The number of rotatable bonds is 6. The molecule has 1 saturated carbocycles. The third-order valence-corrected chi connectivity index (χ3v) is 3.94. The summed E-state index contributed by atoms with van der Waals surface area (Å²) in [6.07, 6.45) is 9.15. The number of allylic oxidation sites excluding steroid dienone is 2. The van der Waals surface area contributed by atoms with Crippen molar-refractivity contribution in [1.29, 1.82) is 0 Å². The molecule has 3 nitrogen and oxygen atoms in total. The molecule has 94 valence electrons. The SMILES string of the molecule is CCCCCOC(=O)C1C2C=CC(C2)C1C=O. The van der Waals surface area contributed by atoms with Gasteiger partial charge in [-0.1, -0.05) is 31.9 Å². The summed E-state index contributed by atoms with van der Waals surface area (Å²) in [5.41, 5.74) is 0. The smallest absolute Gasteiger partial charge is 0.310 e. The molecule has 0 aromatic carbocycles. The Kier molecular flexibility index (Phi) is 3.97. The summed E-state index contributed by atoms with van der Waals surface area (Å²) in [6, 6.07) is 0. The van der Waals surface area contributed by atoms with E-state index < -0.39 is 0 Å². The summed E-state index contributed by atoms with van der Waals surface area (Å²) in [7, 11) is 0. The standard InChI is InChI=1S/C14H20O3/c1-2-3-4-7-17-14(16)13-11-6-5-10(8-11)12(13)9-15/h5-6,9-13H,2-4,7-8H2,1H3. The topological polar surface area (TPSA) is 43.4 Å². The maximum absolute atomic E-state index is 12.0. The Hall–Kier alpha value is -1.12. The molecule has 0 amide bonds. The van der Waals surface area contributed by atoms with E-state index in [0.717, 1.165) is 32.0 Å². The molecule has 2 rings (SSSR count). The predicted molar refractivity (Wildman–Crippen MR) is 64.3 cm³/mol. The molecular formula is C14H20O3. The number of hydrogen-bond acceptors (Lipinski definition) is 3. The van der Waals surface area contributed by atoms with Gasteiger partial charge in [0.2, 0.25) is 0 Å².